The highest BCUT2D eigenvalue weighted by Gasteiger charge is 2.39. The van der Waals surface area contributed by atoms with Gasteiger partial charge in [-0.1, -0.05) is 41.9 Å². The lowest BCUT2D eigenvalue weighted by molar-refractivity contribution is -0.122. The summed E-state index contributed by atoms with van der Waals surface area (Å²) < 4.78 is 38.9. The second-order valence-corrected chi connectivity index (χ2v) is 11.9. The molecule has 6 nitrogen and oxygen atoms in total. The molecule has 1 saturated heterocycles. The number of methoxy groups -OCH3 is 1. The molecule has 3 aromatic rings. The topological polar surface area (TPSA) is 72.9 Å². The number of hydrogen-bond donors (Lipinski definition) is 0. The Kier molecular flexibility index (Phi) is 7.93. The maximum absolute atomic E-state index is 13.0. The average Bonchev–Trinajstić information content (AvgIpc) is 3.52. The lowest BCUT2D eigenvalue weighted by atomic mass is 10.0. The summed E-state index contributed by atoms with van der Waals surface area (Å²) in [4.78, 5) is 12.9. The monoisotopic (exact) mass is 519 g/mol. The van der Waals surface area contributed by atoms with Gasteiger partial charge in [0.2, 0.25) is 0 Å². The second kappa shape index (κ2) is 10.9. The molecule has 0 N–H and O–H groups in total. The fourth-order valence-corrected chi connectivity index (χ4v) is 7.29. The van der Waals surface area contributed by atoms with E-state index in [9.17, 15) is 13.2 Å². The number of Topliss-reactive ketones (excluding diaryl/α,β-unsaturated/α-hetero) is 1. The third-order valence-corrected chi connectivity index (χ3v) is 9.42. The van der Waals surface area contributed by atoms with Crippen LogP contribution < -0.4 is 9.47 Å². The Labute approximate surface area is 209 Å². The van der Waals surface area contributed by atoms with Crippen molar-refractivity contribution in [3.63, 3.8) is 0 Å². The molecule has 1 atom stereocenters. The number of ketones is 1. The first-order valence-corrected chi connectivity index (χ1v) is 13.6. The zero-order chi connectivity index (χ0) is 24.1. The Balaban J connectivity index is 1.31. The van der Waals surface area contributed by atoms with Gasteiger partial charge in [0.1, 0.15) is 22.3 Å². The van der Waals surface area contributed by atoms with Crippen LogP contribution in [0.5, 0.6) is 11.5 Å². The minimum Gasteiger partial charge on any atom is -0.497 e. The number of nitrogens with zero attached hydrogens (tertiary/aromatic N) is 1. The van der Waals surface area contributed by atoms with Crippen molar-refractivity contribution >= 4 is 38.7 Å². The molecule has 2 aromatic carbocycles. The van der Waals surface area contributed by atoms with Crippen LogP contribution in [0.2, 0.25) is 4.34 Å². The molecular weight excluding hydrogens is 494 g/mol. The number of rotatable bonds is 10. The number of aryl methyl sites for hydroxylation is 1. The normalized spacial score (nSPS) is 16.5. The molecule has 0 saturated carbocycles. The van der Waals surface area contributed by atoms with Gasteiger partial charge in [0.15, 0.2) is 5.78 Å². The Morgan fingerprint density at radius 2 is 1.82 bits per heavy atom. The van der Waals surface area contributed by atoms with Gasteiger partial charge in [-0.3, -0.25) is 4.79 Å². The van der Waals surface area contributed by atoms with E-state index >= 15 is 0 Å². The summed E-state index contributed by atoms with van der Waals surface area (Å²) in [5.74, 6) is 1.43. The van der Waals surface area contributed by atoms with Crippen LogP contribution in [0, 0.1) is 0 Å². The molecule has 1 aromatic heterocycles. The molecule has 4 rings (SSSR count). The van der Waals surface area contributed by atoms with Crippen LogP contribution in [0.3, 0.4) is 0 Å². The highest BCUT2D eigenvalue weighted by molar-refractivity contribution is 7.91. The van der Waals surface area contributed by atoms with Gasteiger partial charge in [0, 0.05) is 19.0 Å². The highest BCUT2D eigenvalue weighted by atomic mass is 35.5. The molecule has 9 heteroatoms. The van der Waals surface area contributed by atoms with E-state index in [1.54, 1.807) is 13.2 Å². The van der Waals surface area contributed by atoms with E-state index in [1.807, 2.05) is 48.5 Å². The van der Waals surface area contributed by atoms with Crippen molar-refractivity contribution in [3.8, 4) is 11.5 Å². The number of hydrogen-bond acceptors (Lipinski definition) is 6. The standard InChI is InChI=1S/C25H26ClNO5S2/c1-31-20-4-2-5-21(16-20)32-17-19-9-7-18(8-10-19)11-12-23(28)22-6-3-15-27(22)34(29,30)25-14-13-24(26)33-25/h2,4-5,7-10,13-14,16,22H,3,6,11-12,15,17H2,1H3/t22-/m0/s1. The Bertz CT molecular complexity index is 1240. The van der Waals surface area contributed by atoms with E-state index in [-0.39, 0.29) is 9.99 Å². The number of carbonyl (C=O) groups excluding carboxylic acids is 1. The molecular formula is C25H26ClNO5S2. The maximum atomic E-state index is 13.0. The van der Waals surface area contributed by atoms with Gasteiger partial charge in [0.25, 0.3) is 10.0 Å². The van der Waals surface area contributed by atoms with Crippen LogP contribution in [0.4, 0.5) is 0 Å². The summed E-state index contributed by atoms with van der Waals surface area (Å²) in [6.45, 7) is 0.782. The van der Waals surface area contributed by atoms with Crippen molar-refractivity contribution in [2.24, 2.45) is 0 Å². The van der Waals surface area contributed by atoms with Gasteiger partial charge >= 0.3 is 0 Å². The maximum Gasteiger partial charge on any atom is 0.253 e. The van der Waals surface area contributed by atoms with E-state index in [4.69, 9.17) is 21.1 Å². The average molecular weight is 520 g/mol. The predicted octanol–water partition coefficient (Wildman–Crippen LogP) is 5.34. The highest BCUT2D eigenvalue weighted by Crippen LogP contribution is 2.33. The molecule has 0 bridgehead atoms. The van der Waals surface area contributed by atoms with E-state index in [1.165, 1.54) is 10.4 Å². The number of halogens is 1. The first kappa shape index (κ1) is 24.7. The van der Waals surface area contributed by atoms with Crippen molar-refractivity contribution in [1.29, 1.82) is 0 Å². The van der Waals surface area contributed by atoms with Crippen LogP contribution in [0.25, 0.3) is 0 Å². The van der Waals surface area contributed by atoms with Gasteiger partial charge in [-0.25, -0.2) is 8.42 Å². The van der Waals surface area contributed by atoms with Crippen LogP contribution >= 0.6 is 22.9 Å². The van der Waals surface area contributed by atoms with Gasteiger partial charge in [-0.15, -0.1) is 11.3 Å². The van der Waals surface area contributed by atoms with E-state index < -0.39 is 16.1 Å². The molecule has 0 spiro atoms. The smallest absolute Gasteiger partial charge is 0.253 e. The van der Waals surface area contributed by atoms with Crippen molar-refractivity contribution in [3.05, 3.63) is 76.1 Å². The van der Waals surface area contributed by atoms with Crippen LogP contribution in [-0.2, 0) is 27.8 Å². The molecule has 0 unspecified atom stereocenters. The summed E-state index contributed by atoms with van der Waals surface area (Å²) in [7, 11) is -2.09. The van der Waals surface area contributed by atoms with Gasteiger partial charge < -0.3 is 9.47 Å². The lowest BCUT2D eigenvalue weighted by Gasteiger charge is -2.22. The molecule has 1 aliphatic heterocycles. The molecule has 0 aliphatic carbocycles. The molecule has 2 heterocycles. The zero-order valence-corrected chi connectivity index (χ0v) is 21.2. The van der Waals surface area contributed by atoms with Crippen molar-refractivity contribution in [2.45, 2.75) is 42.5 Å². The third kappa shape index (κ3) is 5.81. The first-order chi connectivity index (χ1) is 16.4. The van der Waals surface area contributed by atoms with Gasteiger partial charge in [-0.2, -0.15) is 4.31 Å². The minimum atomic E-state index is -3.71. The summed E-state index contributed by atoms with van der Waals surface area (Å²) in [5, 5.41) is 0. The summed E-state index contributed by atoms with van der Waals surface area (Å²) in [6.07, 6.45) is 2.08. The quantitative estimate of drug-likeness (QED) is 0.361. The minimum absolute atomic E-state index is 0.0471. The number of ether oxygens (including phenoxy) is 2. The molecule has 180 valence electrons. The lowest BCUT2D eigenvalue weighted by Crippen LogP contribution is -2.40. The van der Waals surface area contributed by atoms with Crippen molar-refractivity contribution < 1.29 is 22.7 Å². The number of carbonyl (C=O) groups is 1. The fourth-order valence-electron chi connectivity index (χ4n) is 4.00. The summed E-state index contributed by atoms with van der Waals surface area (Å²) in [5.41, 5.74) is 2.04. The fraction of sp³-hybridized carbons (Fsp3) is 0.320. The summed E-state index contributed by atoms with van der Waals surface area (Å²) in [6, 6.07) is 17.8. The van der Waals surface area contributed by atoms with Crippen molar-refractivity contribution in [2.75, 3.05) is 13.7 Å². The molecule has 1 fully saturated rings. The van der Waals surface area contributed by atoms with Crippen LogP contribution in [0.15, 0.2) is 64.9 Å². The molecule has 0 amide bonds. The SMILES string of the molecule is COc1cccc(OCc2ccc(CCC(=O)[C@@H]3CCCN3S(=O)(=O)c3ccc(Cl)s3)cc2)c1. The van der Waals surface area contributed by atoms with Crippen molar-refractivity contribution in [1.82, 2.24) is 4.31 Å². The Morgan fingerprint density at radius 3 is 2.53 bits per heavy atom. The third-order valence-electron chi connectivity index (χ3n) is 5.82. The van der Waals surface area contributed by atoms with E-state index in [2.05, 4.69) is 0 Å². The number of benzene rings is 2. The zero-order valence-electron chi connectivity index (χ0n) is 18.8. The largest absolute Gasteiger partial charge is 0.497 e. The van der Waals surface area contributed by atoms with Gasteiger partial charge in [0.05, 0.1) is 17.5 Å². The molecule has 34 heavy (non-hydrogen) atoms. The first-order valence-electron chi connectivity index (χ1n) is 11.0. The number of thiophene rings is 1. The Hall–Kier alpha value is -2.39. The van der Waals surface area contributed by atoms with Gasteiger partial charge in [-0.05, 0) is 54.7 Å². The van der Waals surface area contributed by atoms with Crippen LogP contribution in [0.1, 0.15) is 30.4 Å². The van der Waals surface area contributed by atoms with E-state index in [0.29, 0.717) is 43.2 Å². The Morgan fingerprint density at radius 1 is 1.09 bits per heavy atom. The second-order valence-electron chi connectivity index (χ2n) is 8.08. The van der Waals surface area contributed by atoms with Crippen LogP contribution in [-0.4, -0.2) is 38.2 Å². The number of sulfonamides is 1. The summed E-state index contributed by atoms with van der Waals surface area (Å²) >= 11 is 6.94. The predicted molar refractivity (Wildman–Crippen MR) is 133 cm³/mol. The molecule has 0 radical (unpaired) electrons. The molecule has 1 aliphatic rings. The van der Waals surface area contributed by atoms with E-state index in [0.717, 1.165) is 34.0 Å².